The first-order valence-corrected chi connectivity index (χ1v) is 8.97. The van der Waals surface area contributed by atoms with Gasteiger partial charge in [0.25, 0.3) is 10.2 Å². The SMILES string of the molecule is NS(=O)(=O)N1CC/C(=C/c2ccccn2)C(=O)C1c1ccccc1. The Hall–Kier alpha value is -2.35. The molecule has 1 saturated heterocycles. The normalized spacial score (nSPS) is 21.1. The van der Waals surface area contributed by atoms with Crippen LogP contribution in [0.15, 0.2) is 60.3 Å². The lowest BCUT2D eigenvalue weighted by Gasteiger charge is -2.33. The van der Waals surface area contributed by atoms with Crippen LogP contribution in [-0.2, 0) is 15.0 Å². The summed E-state index contributed by atoms with van der Waals surface area (Å²) in [7, 11) is -3.98. The number of carbonyl (C=O) groups excluding carboxylic acids is 1. The van der Waals surface area contributed by atoms with Crippen molar-refractivity contribution in [2.45, 2.75) is 12.5 Å². The fraction of sp³-hybridized carbons (Fsp3) is 0.176. The van der Waals surface area contributed by atoms with Gasteiger partial charge in [0.05, 0.1) is 5.69 Å². The Balaban J connectivity index is 2.02. The van der Waals surface area contributed by atoms with Crippen LogP contribution in [0.3, 0.4) is 0 Å². The van der Waals surface area contributed by atoms with Crippen molar-refractivity contribution in [3.63, 3.8) is 0 Å². The highest BCUT2D eigenvalue weighted by Crippen LogP contribution is 2.32. The van der Waals surface area contributed by atoms with Crippen molar-refractivity contribution in [2.24, 2.45) is 5.14 Å². The summed E-state index contributed by atoms with van der Waals surface area (Å²) in [6, 6.07) is 13.3. The van der Waals surface area contributed by atoms with Gasteiger partial charge in [-0.15, -0.1) is 0 Å². The molecule has 2 aromatic rings. The number of nitrogens with zero attached hydrogens (tertiary/aromatic N) is 2. The molecule has 1 fully saturated rings. The van der Waals surface area contributed by atoms with Gasteiger partial charge in [-0.3, -0.25) is 9.78 Å². The molecule has 7 heteroatoms. The molecule has 1 atom stereocenters. The van der Waals surface area contributed by atoms with Gasteiger partial charge >= 0.3 is 0 Å². The topological polar surface area (TPSA) is 93.4 Å². The minimum atomic E-state index is -3.98. The van der Waals surface area contributed by atoms with Crippen molar-refractivity contribution in [1.29, 1.82) is 0 Å². The lowest BCUT2D eigenvalue weighted by Crippen LogP contribution is -2.46. The molecule has 1 aliphatic rings. The highest BCUT2D eigenvalue weighted by Gasteiger charge is 2.39. The van der Waals surface area contributed by atoms with Crippen LogP contribution >= 0.6 is 0 Å². The van der Waals surface area contributed by atoms with Gasteiger partial charge in [-0.25, -0.2) is 5.14 Å². The maximum Gasteiger partial charge on any atom is 0.277 e. The first kappa shape index (κ1) is 16.5. The van der Waals surface area contributed by atoms with Crippen molar-refractivity contribution < 1.29 is 13.2 Å². The molecule has 0 amide bonds. The molecule has 2 heterocycles. The second-order valence-corrected chi connectivity index (χ2v) is 7.01. The molecule has 3 rings (SSSR count). The van der Waals surface area contributed by atoms with Gasteiger partial charge in [-0.1, -0.05) is 36.4 Å². The van der Waals surface area contributed by atoms with E-state index in [0.29, 0.717) is 23.3 Å². The van der Waals surface area contributed by atoms with Crippen LogP contribution in [0, 0.1) is 0 Å². The number of piperidine rings is 1. The van der Waals surface area contributed by atoms with E-state index in [1.54, 1.807) is 48.7 Å². The minimum absolute atomic E-state index is 0.156. The summed E-state index contributed by atoms with van der Waals surface area (Å²) >= 11 is 0. The largest absolute Gasteiger partial charge is 0.292 e. The molecule has 1 aromatic carbocycles. The standard InChI is InChI=1S/C17H17N3O3S/c18-24(22,23)20-11-9-14(12-15-8-4-5-10-19-15)17(21)16(20)13-6-2-1-3-7-13/h1-8,10,12,16H,9,11H2,(H2,18,22,23)/b14-12-. The molecule has 0 aliphatic carbocycles. The summed E-state index contributed by atoms with van der Waals surface area (Å²) in [6.07, 6.45) is 3.65. The van der Waals surface area contributed by atoms with E-state index in [4.69, 9.17) is 5.14 Å². The van der Waals surface area contributed by atoms with Crippen LogP contribution in [0.4, 0.5) is 0 Å². The maximum absolute atomic E-state index is 12.9. The molecule has 1 aromatic heterocycles. The van der Waals surface area contributed by atoms with E-state index in [2.05, 4.69) is 4.98 Å². The Morgan fingerprint density at radius 1 is 1.12 bits per heavy atom. The van der Waals surface area contributed by atoms with Gasteiger partial charge in [-0.2, -0.15) is 12.7 Å². The number of Topliss-reactive ketones (excluding diaryl/α,β-unsaturated/α-hetero) is 1. The summed E-state index contributed by atoms with van der Waals surface area (Å²) in [5.74, 6) is -0.271. The molecule has 1 aliphatic heterocycles. The number of hydrogen-bond acceptors (Lipinski definition) is 4. The molecule has 24 heavy (non-hydrogen) atoms. The highest BCUT2D eigenvalue weighted by atomic mass is 32.2. The molecular weight excluding hydrogens is 326 g/mol. The zero-order valence-electron chi connectivity index (χ0n) is 12.9. The molecule has 0 spiro atoms. The zero-order chi connectivity index (χ0) is 17.2. The van der Waals surface area contributed by atoms with Crippen molar-refractivity contribution in [3.8, 4) is 0 Å². The van der Waals surface area contributed by atoms with Crippen LogP contribution in [0.5, 0.6) is 0 Å². The van der Waals surface area contributed by atoms with Crippen molar-refractivity contribution in [2.75, 3.05) is 6.54 Å². The average Bonchev–Trinajstić information content (AvgIpc) is 2.57. The third kappa shape index (κ3) is 3.43. The van der Waals surface area contributed by atoms with Crippen LogP contribution in [0.25, 0.3) is 6.08 Å². The van der Waals surface area contributed by atoms with Gasteiger partial charge in [0.2, 0.25) is 0 Å². The number of nitrogens with two attached hydrogens (primary N) is 1. The monoisotopic (exact) mass is 343 g/mol. The third-order valence-corrected chi connectivity index (χ3v) is 4.95. The fourth-order valence-electron chi connectivity index (χ4n) is 2.80. The molecule has 1 unspecified atom stereocenters. The second kappa shape index (κ2) is 6.64. The molecule has 0 saturated carbocycles. The predicted molar refractivity (Wildman–Crippen MR) is 90.8 cm³/mol. The summed E-state index contributed by atoms with van der Waals surface area (Å²) in [6.45, 7) is 0.156. The van der Waals surface area contributed by atoms with E-state index in [9.17, 15) is 13.2 Å². The van der Waals surface area contributed by atoms with Gasteiger partial charge < -0.3 is 0 Å². The molecule has 2 N–H and O–H groups in total. The van der Waals surface area contributed by atoms with Crippen LogP contribution in [-0.4, -0.2) is 30.0 Å². The zero-order valence-corrected chi connectivity index (χ0v) is 13.7. The Morgan fingerprint density at radius 3 is 2.46 bits per heavy atom. The second-order valence-electron chi connectivity index (χ2n) is 5.51. The third-order valence-electron chi connectivity index (χ3n) is 3.91. The quantitative estimate of drug-likeness (QED) is 0.858. The van der Waals surface area contributed by atoms with E-state index < -0.39 is 16.3 Å². The predicted octanol–water partition coefficient (Wildman–Crippen LogP) is 1.68. The van der Waals surface area contributed by atoms with E-state index in [0.717, 1.165) is 4.31 Å². The Morgan fingerprint density at radius 2 is 1.83 bits per heavy atom. The minimum Gasteiger partial charge on any atom is -0.292 e. The van der Waals surface area contributed by atoms with E-state index in [1.165, 1.54) is 0 Å². The van der Waals surface area contributed by atoms with Crippen LogP contribution in [0.2, 0.25) is 0 Å². The van der Waals surface area contributed by atoms with Crippen molar-refractivity contribution in [3.05, 3.63) is 71.6 Å². The number of carbonyl (C=O) groups is 1. The first-order valence-electron chi connectivity index (χ1n) is 7.47. The molecular formula is C17H17N3O3S. The lowest BCUT2D eigenvalue weighted by atomic mass is 9.91. The molecule has 0 radical (unpaired) electrons. The van der Waals surface area contributed by atoms with Gasteiger partial charge in [-0.05, 0) is 30.2 Å². The van der Waals surface area contributed by atoms with Gasteiger partial charge in [0, 0.05) is 18.3 Å². The van der Waals surface area contributed by atoms with E-state index >= 15 is 0 Å². The summed E-state index contributed by atoms with van der Waals surface area (Å²) in [5, 5.41) is 5.31. The van der Waals surface area contributed by atoms with Crippen molar-refractivity contribution >= 4 is 22.1 Å². The maximum atomic E-state index is 12.9. The first-order chi connectivity index (χ1) is 11.5. The van der Waals surface area contributed by atoms with Gasteiger partial charge in [0.15, 0.2) is 5.78 Å². The van der Waals surface area contributed by atoms with E-state index in [1.807, 2.05) is 12.1 Å². The number of benzene rings is 1. The number of rotatable bonds is 3. The highest BCUT2D eigenvalue weighted by molar-refractivity contribution is 7.86. The summed E-state index contributed by atoms with van der Waals surface area (Å²) in [4.78, 5) is 17.1. The fourth-order valence-corrected chi connectivity index (χ4v) is 3.66. The summed E-state index contributed by atoms with van der Waals surface area (Å²) in [5.41, 5.74) is 1.81. The van der Waals surface area contributed by atoms with Crippen molar-refractivity contribution in [1.82, 2.24) is 9.29 Å². The van der Waals surface area contributed by atoms with Crippen LogP contribution < -0.4 is 5.14 Å². The van der Waals surface area contributed by atoms with Gasteiger partial charge in [0.1, 0.15) is 6.04 Å². The number of hydrogen-bond donors (Lipinski definition) is 1. The summed E-state index contributed by atoms with van der Waals surface area (Å²) < 4.78 is 24.9. The molecule has 0 bridgehead atoms. The number of ketones is 1. The van der Waals surface area contributed by atoms with Crippen LogP contribution in [0.1, 0.15) is 23.7 Å². The average molecular weight is 343 g/mol. The molecule has 6 nitrogen and oxygen atoms in total. The Labute approximate surface area is 140 Å². The Bertz CT molecular complexity index is 864. The lowest BCUT2D eigenvalue weighted by molar-refractivity contribution is -0.120. The smallest absolute Gasteiger partial charge is 0.277 e. The number of pyridine rings is 1. The molecule has 124 valence electrons. The number of aromatic nitrogens is 1. The Kier molecular flexibility index (Phi) is 4.57. The van der Waals surface area contributed by atoms with E-state index in [-0.39, 0.29) is 12.3 Å².